The number of fused-ring (bicyclic) bond motifs is 1. The highest BCUT2D eigenvalue weighted by Gasteiger charge is 2.25. The number of H-pyrrole nitrogens is 1. The van der Waals surface area contributed by atoms with Crippen LogP contribution in [0.15, 0.2) is 41.3 Å². The Kier molecular flexibility index (Phi) is 5.95. The van der Waals surface area contributed by atoms with E-state index in [4.69, 9.17) is 14.8 Å². The highest BCUT2D eigenvalue weighted by molar-refractivity contribution is 5.78. The average Bonchev–Trinajstić information content (AvgIpc) is 3.20. The molecule has 4 heterocycles. The minimum atomic E-state index is -0.655. The molecule has 1 N–H and O–H groups in total. The molecule has 0 saturated carbocycles. The number of halogens is 2. The normalized spacial score (nSPS) is 14.9. The Morgan fingerprint density at radius 2 is 1.88 bits per heavy atom. The molecule has 0 aliphatic carbocycles. The lowest BCUT2D eigenvalue weighted by Crippen LogP contribution is -2.21. The van der Waals surface area contributed by atoms with Crippen molar-refractivity contribution < 1.29 is 13.5 Å². The summed E-state index contributed by atoms with van der Waals surface area (Å²) in [5.41, 5.74) is 2.76. The van der Waals surface area contributed by atoms with Gasteiger partial charge in [-0.3, -0.25) is 9.78 Å². The molecule has 3 aromatic heterocycles. The Balaban J connectivity index is 1.48. The maximum Gasteiger partial charge on any atom is 0.262 e. The van der Waals surface area contributed by atoms with Crippen molar-refractivity contribution in [2.45, 2.75) is 45.1 Å². The summed E-state index contributed by atoms with van der Waals surface area (Å²) >= 11 is 0. The van der Waals surface area contributed by atoms with E-state index in [0.717, 1.165) is 30.2 Å². The molecule has 176 valence electrons. The minimum Gasteiger partial charge on any atom is -0.381 e. The van der Waals surface area contributed by atoms with Gasteiger partial charge in [0.25, 0.3) is 5.56 Å². The molecule has 0 radical (unpaired) electrons. The first kappa shape index (κ1) is 22.3. The van der Waals surface area contributed by atoms with Crippen LogP contribution in [0, 0.1) is 11.6 Å². The van der Waals surface area contributed by atoms with Crippen molar-refractivity contribution in [1.29, 1.82) is 0 Å². The van der Waals surface area contributed by atoms with E-state index >= 15 is 0 Å². The molecule has 7 nitrogen and oxygen atoms in total. The molecule has 0 bridgehead atoms. The third-order valence-electron chi connectivity index (χ3n) is 6.08. The number of aromatic amines is 1. The van der Waals surface area contributed by atoms with Gasteiger partial charge >= 0.3 is 0 Å². The van der Waals surface area contributed by atoms with Crippen molar-refractivity contribution in [3.8, 4) is 11.3 Å². The molecule has 1 aromatic carbocycles. The van der Waals surface area contributed by atoms with Gasteiger partial charge in [0, 0.05) is 37.5 Å². The van der Waals surface area contributed by atoms with Crippen LogP contribution in [-0.2, 0) is 11.2 Å². The lowest BCUT2D eigenvalue weighted by atomic mass is 10.1. The van der Waals surface area contributed by atoms with E-state index in [0.29, 0.717) is 47.7 Å². The first-order valence-electron chi connectivity index (χ1n) is 11.4. The third-order valence-corrected chi connectivity index (χ3v) is 6.08. The number of benzene rings is 1. The SMILES string of the molecule is CC(C)c1nn(C2CCOCC2)c2nc(Cc3ccc(-c4cc(F)cc(F)c4)nc3)[nH]c(=O)c12. The van der Waals surface area contributed by atoms with E-state index in [1.54, 1.807) is 12.3 Å². The molecule has 9 heteroatoms. The van der Waals surface area contributed by atoms with Gasteiger partial charge in [-0.05, 0) is 42.5 Å². The van der Waals surface area contributed by atoms with Gasteiger partial charge in [0.2, 0.25) is 0 Å². The monoisotopic (exact) mass is 465 g/mol. The Labute approximate surface area is 194 Å². The maximum atomic E-state index is 13.5. The van der Waals surface area contributed by atoms with Crippen molar-refractivity contribution in [3.63, 3.8) is 0 Å². The topological polar surface area (TPSA) is 85.7 Å². The Morgan fingerprint density at radius 1 is 1.15 bits per heavy atom. The number of hydrogen-bond acceptors (Lipinski definition) is 5. The number of pyridine rings is 1. The summed E-state index contributed by atoms with van der Waals surface area (Å²) in [6.07, 6.45) is 3.62. The average molecular weight is 466 g/mol. The molecule has 0 spiro atoms. The molecular formula is C25H25F2N5O2. The molecule has 0 unspecified atom stereocenters. The standard InChI is InChI=1S/C25H25F2N5O2/c1-14(2)23-22-24(32(31-23)19-5-7-34-8-6-19)29-21(30-25(22)33)9-15-3-4-20(28-13-15)16-10-17(26)12-18(27)11-16/h3-4,10-14,19H,5-9H2,1-2H3,(H,29,30,33). The van der Waals surface area contributed by atoms with Crippen molar-refractivity contribution in [1.82, 2.24) is 24.7 Å². The van der Waals surface area contributed by atoms with Gasteiger partial charge in [0.15, 0.2) is 5.65 Å². The number of ether oxygens (including phenoxy) is 1. The van der Waals surface area contributed by atoms with Crippen molar-refractivity contribution in [3.05, 3.63) is 75.6 Å². The molecule has 1 fully saturated rings. The van der Waals surface area contributed by atoms with Crippen molar-refractivity contribution in [2.24, 2.45) is 0 Å². The maximum absolute atomic E-state index is 13.5. The zero-order valence-corrected chi connectivity index (χ0v) is 19.0. The Bertz CT molecular complexity index is 1370. The fourth-order valence-electron chi connectivity index (χ4n) is 4.38. The largest absolute Gasteiger partial charge is 0.381 e. The van der Waals surface area contributed by atoms with Crippen molar-refractivity contribution in [2.75, 3.05) is 13.2 Å². The first-order valence-corrected chi connectivity index (χ1v) is 11.4. The number of nitrogens with zero attached hydrogens (tertiary/aromatic N) is 4. The van der Waals surface area contributed by atoms with Crippen LogP contribution in [0.1, 0.15) is 55.7 Å². The Hall–Kier alpha value is -3.46. The van der Waals surface area contributed by atoms with Crippen LogP contribution in [0.3, 0.4) is 0 Å². The van der Waals surface area contributed by atoms with Gasteiger partial charge in [0.05, 0.1) is 17.4 Å². The summed E-state index contributed by atoms with van der Waals surface area (Å²) in [7, 11) is 0. The fourth-order valence-corrected chi connectivity index (χ4v) is 4.38. The molecule has 1 aliphatic rings. The highest BCUT2D eigenvalue weighted by atomic mass is 19.1. The van der Waals surface area contributed by atoms with E-state index in [2.05, 4.69) is 9.97 Å². The second-order valence-electron chi connectivity index (χ2n) is 8.93. The number of hydrogen-bond donors (Lipinski definition) is 1. The highest BCUT2D eigenvalue weighted by Crippen LogP contribution is 2.28. The van der Waals surface area contributed by atoms with E-state index in [9.17, 15) is 13.6 Å². The van der Waals surface area contributed by atoms with Crippen LogP contribution < -0.4 is 5.56 Å². The number of aromatic nitrogens is 5. The third kappa shape index (κ3) is 4.35. The lowest BCUT2D eigenvalue weighted by molar-refractivity contribution is 0.0672. The van der Waals surface area contributed by atoms with E-state index in [-0.39, 0.29) is 17.5 Å². The fraction of sp³-hybridized carbons (Fsp3) is 0.360. The van der Waals surface area contributed by atoms with Crippen LogP contribution >= 0.6 is 0 Å². The van der Waals surface area contributed by atoms with E-state index in [1.807, 2.05) is 24.6 Å². The van der Waals surface area contributed by atoms with Gasteiger partial charge < -0.3 is 9.72 Å². The van der Waals surface area contributed by atoms with Crippen LogP contribution in [-0.4, -0.2) is 37.9 Å². The second-order valence-corrected chi connectivity index (χ2v) is 8.93. The zero-order valence-electron chi connectivity index (χ0n) is 19.0. The van der Waals surface area contributed by atoms with Gasteiger partial charge in [-0.15, -0.1) is 0 Å². The summed E-state index contributed by atoms with van der Waals surface area (Å²) < 4.78 is 34.5. The predicted molar refractivity (Wildman–Crippen MR) is 124 cm³/mol. The summed E-state index contributed by atoms with van der Waals surface area (Å²) in [4.78, 5) is 25.1. The predicted octanol–water partition coefficient (Wildman–Crippen LogP) is 4.53. The van der Waals surface area contributed by atoms with Crippen LogP contribution in [0.5, 0.6) is 0 Å². The van der Waals surface area contributed by atoms with Gasteiger partial charge in [-0.2, -0.15) is 5.10 Å². The summed E-state index contributed by atoms with van der Waals surface area (Å²) in [5.74, 6) is -0.718. The van der Waals surface area contributed by atoms with E-state index in [1.165, 1.54) is 12.1 Å². The first-order chi connectivity index (χ1) is 16.4. The number of rotatable bonds is 5. The molecular weight excluding hydrogens is 440 g/mol. The zero-order chi connectivity index (χ0) is 23.8. The van der Waals surface area contributed by atoms with E-state index < -0.39 is 11.6 Å². The van der Waals surface area contributed by atoms with Crippen LogP contribution in [0.25, 0.3) is 22.3 Å². The molecule has 0 amide bonds. The van der Waals surface area contributed by atoms with Gasteiger partial charge in [-0.1, -0.05) is 19.9 Å². The lowest BCUT2D eigenvalue weighted by Gasteiger charge is -2.22. The quantitative estimate of drug-likeness (QED) is 0.468. The second kappa shape index (κ2) is 9.06. The molecule has 34 heavy (non-hydrogen) atoms. The molecule has 1 saturated heterocycles. The van der Waals surface area contributed by atoms with Crippen molar-refractivity contribution >= 4 is 11.0 Å². The smallest absolute Gasteiger partial charge is 0.262 e. The van der Waals surface area contributed by atoms with Crippen LogP contribution in [0.2, 0.25) is 0 Å². The molecule has 4 aromatic rings. The molecule has 5 rings (SSSR count). The summed E-state index contributed by atoms with van der Waals surface area (Å²) in [5, 5.41) is 5.32. The number of nitrogens with one attached hydrogen (secondary N) is 1. The Morgan fingerprint density at radius 3 is 2.53 bits per heavy atom. The molecule has 0 atom stereocenters. The molecule has 1 aliphatic heterocycles. The van der Waals surface area contributed by atoms with Crippen LogP contribution in [0.4, 0.5) is 8.78 Å². The summed E-state index contributed by atoms with van der Waals surface area (Å²) in [6.45, 7) is 5.35. The van der Waals surface area contributed by atoms with Gasteiger partial charge in [-0.25, -0.2) is 18.4 Å². The van der Waals surface area contributed by atoms with Gasteiger partial charge in [0.1, 0.15) is 22.8 Å². The minimum absolute atomic E-state index is 0.0849. The summed E-state index contributed by atoms with van der Waals surface area (Å²) in [6, 6.07) is 6.95.